The summed E-state index contributed by atoms with van der Waals surface area (Å²) in [5.74, 6) is -0.0247. The molecule has 1 aromatic carbocycles. The van der Waals surface area contributed by atoms with Gasteiger partial charge in [0, 0.05) is 31.8 Å². The molecular weight excluding hydrogens is 316 g/mol. The van der Waals surface area contributed by atoms with E-state index < -0.39 is 10.0 Å². The molecule has 126 valence electrons. The van der Waals surface area contributed by atoms with Crippen LogP contribution in [0.2, 0.25) is 0 Å². The summed E-state index contributed by atoms with van der Waals surface area (Å²) in [5.41, 5.74) is 1.70. The van der Waals surface area contributed by atoms with Crippen LogP contribution < -0.4 is 9.62 Å². The molecule has 2 aliphatic heterocycles. The average molecular weight is 338 g/mol. The number of amides is 1. The molecule has 0 radical (unpaired) electrons. The van der Waals surface area contributed by atoms with Gasteiger partial charge in [-0.15, -0.1) is 0 Å². The minimum Gasteiger partial charge on any atom is -0.377 e. The van der Waals surface area contributed by atoms with E-state index in [0.29, 0.717) is 19.6 Å². The number of nitrogens with zero attached hydrogens (tertiary/aromatic N) is 1. The lowest BCUT2D eigenvalue weighted by Crippen LogP contribution is -2.33. The van der Waals surface area contributed by atoms with Crippen molar-refractivity contribution in [3.8, 4) is 0 Å². The lowest BCUT2D eigenvalue weighted by atomic mass is 10.1. The van der Waals surface area contributed by atoms with Gasteiger partial charge >= 0.3 is 0 Å². The molecule has 2 atom stereocenters. The van der Waals surface area contributed by atoms with Gasteiger partial charge in [-0.3, -0.25) is 4.79 Å². The maximum absolute atomic E-state index is 12.4. The van der Waals surface area contributed by atoms with E-state index in [2.05, 4.69) is 4.72 Å². The molecule has 0 spiro atoms. The van der Waals surface area contributed by atoms with Crippen LogP contribution in [0.5, 0.6) is 0 Å². The molecule has 0 saturated carbocycles. The monoisotopic (exact) mass is 338 g/mol. The summed E-state index contributed by atoms with van der Waals surface area (Å²) in [5, 5.41) is 0. The molecule has 0 aliphatic carbocycles. The number of nitrogens with one attached hydrogen (secondary N) is 1. The molecule has 1 fully saturated rings. The molecule has 2 aliphatic rings. The summed E-state index contributed by atoms with van der Waals surface area (Å²) < 4.78 is 32.9. The van der Waals surface area contributed by atoms with E-state index in [1.54, 1.807) is 23.1 Å². The fraction of sp³-hybridized carbons (Fsp3) is 0.562. The van der Waals surface area contributed by atoms with E-state index in [1.165, 1.54) is 6.92 Å². The van der Waals surface area contributed by atoms with E-state index in [9.17, 15) is 13.2 Å². The minimum atomic E-state index is -3.56. The number of anilines is 1. The van der Waals surface area contributed by atoms with Crippen LogP contribution in [0.3, 0.4) is 0 Å². The van der Waals surface area contributed by atoms with E-state index in [-0.39, 0.29) is 22.9 Å². The minimum absolute atomic E-state index is 0.0247. The summed E-state index contributed by atoms with van der Waals surface area (Å²) in [7, 11) is -3.56. The standard InChI is InChI=1S/C16H22N2O4S/c1-11-8-13-9-15(5-6-16(13)18(11)12(2)19)23(20,21)17-10-14-4-3-7-22-14/h5-6,9,11,14,17H,3-4,7-8,10H2,1-2H3/t11-,14+/m1/s1. The summed E-state index contributed by atoms with van der Waals surface area (Å²) in [4.78, 5) is 13.7. The number of rotatable bonds is 4. The van der Waals surface area contributed by atoms with Crippen LogP contribution in [-0.4, -0.2) is 39.6 Å². The van der Waals surface area contributed by atoms with Gasteiger partial charge in [-0.2, -0.15) is 0 Å². The average Bonchev–Trinajstić information content (AvgIpc) is 3.10. The highest BCUT2D eigenvalue weighted by atomic mass is 32.2. The Balaban J connectivity index is 1.79. The van der Waals surface area contributed by atoms with Gasteiger partial charge in [0.05, 0.1) is 11.0 Å². The SMILES string of the molecule is CC(=O)N1c2ccc(S(=O)(=O)NC[C@@H]3CCCO3)cc2C[C@H]1C. The summed E-state index contributed by atoms with van der Waals surface area (Å²) >= 11 is 0. The van der Waals surface area contributed by atoms with E-state index in [1.807, 2.05) is 6.92 Å². The second-order valence-corrected chi connectivity index (χ2v) is 7.99. The smallest absolute Gasteiger partial charge is 0.240 e. The first-order valence-electron chi connectivity index (χ1n) is 7.92. The molecule has 6 nitrogen and oxygen atoms in total. The van der Waals surface area contributed by atoms with Crippen LogP contribution in [0.15, 0.2) is 23.1 Å². The van der Waals surface area contributed by atoms with Crippen LogP contribution in [-0.2, 0) is 26.0 Å². The fourth-order valence-electron chi connectivity index (χ4n) is 3.35. The van der Waals surface area contributed by atoms with Crippen molar-refractivity contribution in [2.45, 2.75) is 50.2 Å². The van der Waals surface area contributed by atoms with Crippen molar-refractivity contribution in [2.24, 2.45) is 0 Å². The van der Waals surface area contributed by atoms with Crippen molar-refractivity contribution < 1.29 is 17.9 Å². The van der Waals surface area contributed by atoms with Gasteiger partial charge < -0.3 is 9.64 Å². The molecule has 1 amide bonds. The lowest BCUT2D eigenvalue weighted by Gasteiger charge is -2.20. The quantitative estimate of drug-likeness (QED) is 0.901. The van der Waals surface area contributed by atoms with E-state index >= 15 is 0 Å². The van der Waals surface area contributed by atoms with Gasteiger partial charge in [0.25, 0.3) is 0 Å². The van der Waals surface area contributed by atoms with Crippen molar-refractivity contribution in [1.82, 2.24) is 4.72 Å². The Labute approximate surface area is 136 Å². The topological polar surface area (TPSA) is 75.7 Å². The number of fused-ring (bicyclic) bond motifs is 1. The number of benzene rings is 1. The van der Waals surface area contributed by atoms with Crippen LogP contribution in [0.1, 0.15) is 32.3 Å². The van der Waals surface area contributed by atoms with E-state index in [0.717, 1.165) is 24.1 Å². The molecule has 1 saturated heterocycles. The van der Waals surface area contributed by atoms with Crippen molar-refractivity contribution >= 4 is 21.6 Å². The third-order valence-electron chi connectivity index (χ3n) is 4.44. The zero-order chi connectivity index (χ0) is 16.6. The van der Waals surface area contributed by atoms with Crippen molar-refractivity contribution in [2.75, 3.05) is 18.1 Å². The first-order valence-corrected chi connectivity index (χ1v) is 9.41. The van der Waals surface area contributed by atoms with Crippen molar-refractivity contribution in [3.63, 3.8) is 0 Å². The first-order chi connectivity index (χ1) is 10.9. The second-order valence-electron chi connectivity index (χ2n) is 6.22. The Morgan fingerprint density at radius 1 is 1.43 bits per heavy atom. The highest BCUT2D eigenvalue weighted by Gasteiger charge is 2.30. The van der Waals surface area contributed by atoms with Crippen LogP contribution in [0.25, 0.3) is 0 Å². The molecular formula is C16H22N2O4S. The molecule has 3 rings (SSSR count). The number of sulfonamides is 1. The molecule has 0 bridgehead atoms. The highest BCUT2D eigenvalue weighted by molar-refractivity contribution is 7.89. The predicted octanol–water partition coefficient (Wildman–Crippen LogP) is 1.44. The first kappa shape index (κ1) is 16.4. The maximum atomic E-state index is 12.4. The van der Waals surface area contributed by atoms with Gasteiger partial charge in [0.15, 0.2) is 0 Å². The maximum Gasteiger partial charge on any atom is 0.240 e. The number of hydrogen-bond acceptors (Lipinski definition) is 4. The number of carbonyl (C=O) groups is 1. The van der Waals surface area contributed by atoms with Crippen molar-refractivity contribution in [3.05, 3.63) is 23.8 Å². The zero-order valence-corrected chi connectivity index (χ0v) is 14.2. The summed E-state index contributed by atoms with van der Waals surface area (Å²) in [6, 6.07) is 5.01. The second kappa shape index (κ2) is 6.22. The number of hydrogen-bond donors (Lipinski definition) is 1. The van der Waals surface area contributed by atoms with Gasteiger partial charge in [0.2, 0.25) is 15.9 Å². The van der Waals surface area contributed by atoms with E-state index in [4.69, 9.17) is 4.74 Å². The van der Waals surface area contributed by atoms with Gasteiger partial charge in [-0.1, -0.05) is 0 Å². The third kappa shape index (κ3) is 3.27. The number of carbonyl (C=O) groups excluding carboxylic acids is 1. The van der Waals surface area contributed by atoms with Crippen LogP contribution in [0.4, 0.5) is 5.69 Å². The summed E-state index contributed by atoms with van der Waals surface area (Å²) in [6.07, 6.45) is 2.50. The largest absolute Gasteiger partial charge is 0.377 e. The molecule has 1 aromatic rings. The van der Waals surface area contributed by atoms with Gasteiger partial charge in [0.1, 0.15) is 0 Å². The molecule has 0 aromatic heterocycles. The molecule has 7 heteroatoms. The Morgan fingerprint density at radius 2 is 2.22 bits per heavy atom. The van der Waals surface area contributed by atoms with Gasteiger partial charge in [-0.25, -0.2) is 13.1 Å². The van der Waals surface area contributed by atoms with Crippen LogP contribution >= 0.6 is 0 Å². The van der Waals surface area contributed by atoms with Crippen LogP contribution in [0, 0.1) is 0 Å². The summed E-state index contributed by atoms with van der Waals surface area (Å²) in [6.45, 7) is 4.49. The fourth-order valence-corrected chi connectivity index (χ4v) is 4.46. The predicted molar refractivity (Wildman–Crippen MR) is 86.9 cm³/mol. The Hall–Kier alpha value is -1.44. The molecule has 2 heterocycles. The Morgan fingerprint density at radius 3 is 2.87 bits per heavy atom. The third-order valence-corrected chi connectivity index (χ3v) is 5.86. The van der Waals surface area contributed by atoms with Gasteiger partial charge in [-0.05, 0) is 49.9 Å². The van der Waals surface area contributed by atoms with Crippen molar-refractivity contribution in [1.29, 1.82) is 0 Å². The molecule has 23 heavy (non-hydrogen) atoms. The zero-order valence-electron chi connectivity index (χ0n) is 13.4. The molecule has 0 unspecified atom stereocenters. The number of ether oxygens (including phenoxy) is 1. The Kier molecular flexibility index (Phi) is 4.44. The molecule has 1 N–H and O–H groups in total. The Bertz CT molecular complexity index is 711. The lowest BCUT2D eigenvalue weighted by molar-refractivity contribution is -0.116. The highest BCUT2D eigenvalue weighted by Crippen LogP contribution is 2.33. The normalized spacial score (nSPS) is 24.0.